The Hall–Kier alpha value is -1.80. The number of benzene rings is 1. The molecule has 122 valence electrons. The van der Waals surface area contributed by atoms with Gasteiger partial charge in [0.2, 0.25) is 15.9 Å². The predicted molar refractivity (Wildman–Crippen MR) is 80.0 cm³/mol. The molecule has 0 saturated carbocycles. The number of nitrogens with one attached hydrogen (secondary N) is 1. The number of carbonyl (C=O) groups is 1. The molecule has 0 radical (unpaired) electrons. The van der Waals surface area contributed by atoms with Gasteiger partial charge in [0.25, 0.3) is 0 Å². The van der Waals surface area contributed by atoms with E-state index in [0.717, 1.165) is 22.9 Å². The number of hydrogen-bond acceptors (Lipinski definition) is 5. The van der Waals surface area contributed by atoms with E-state index in [4.69, 9.17) is 0 Å². The first kappa shape index (κ1) is 16.6. The molecule has 1 aromatic carbocycles. The van der Waals surface area contributed by atoms with Crippen molar-refractivity contribution in [2.75, 3.05) is 13.1 Å². The van der Waals surface area contributed by atoms with Gasteiger partial charge in [0.1, 0.15) is 6.04 Å². The van der Waals surface area contributed by atoms with Crippen LogP contribution in [0.25, 0.3) is 0 Å². The Kier molecular flexibility index (Phi) is 4.92. The summed E-state index contributed by atoms with van der Waals surface area (Å²) in [7, 11) is -3.90. The van der Waals surface area contributed by atoms with E-state index in [2.05, 4.69) is 5.32 Å². The van der Waals surface area contributed by atoms with Gasteiger partial charge in [-0.1, -0.05) is 6.92 Å². The molecule has 2 rings (SSSR count). The summed E-state index contributed by atoms with van der Waals surface area (Å²) in [5.74, 6) is -1.20. The van der Waals surface area contributed by atoms with E-state index < -0.39 is 27.6 Å². The van der Waals surface area contributed by atoms with Crippen LogP contribution in [0.5, 0.6) is 11.5 Å². The first-order valence-electron chi connectivity index (χ1n) is 7.19. The minimum absolute atomic E-state index is 0.141. The van der Waals surface area contributed by atoms with E-state index >= 15 is 0 Å². The summed E-state index contributed by atoms with van der Waals surface area (Å²) < 4.78 is 26.4. The van der Waals surface area contributed by atoms with Gasteiger partial charge in [-0.15, -0.1) is 0 Å². The summed E-state index contributed by atoms with van der Waals surface area (Å²) >= 11 is 0. The predicted octanol–water partition coefficient (Wildman–Crippen LogP) is 0.777. The number of carbonyl (C=O) groups excluding carboxylic acids is 1. The lowest BCUT2D eigenvalue weighted by Crippen LogP contribution is -2.46. The summed E-state index contributed by atoms with van der Waals surface area (Å²) in [5.41, 5.74) is 0. The number of aromatic hydroxyl groups is 2. The zero-order valence-electron chi connectivity index (χ0n) is 12.3. The van der Waals surface area contributed by atoms with Crippen LogP contribution >= 0.6 is 0 Å². The van der Waals surface area contributed by atoms with Gasteiger partial charge in [-0.3, -0.25) is 4.79 Å². The maximum absolute atomic E-state index is 12.6. The fourth-order valence-corrected chi connectivity index (χ4v) is 4.13. The summed E-state index contributed by atoms with van der Waals surface area (Å²) in [5, 5.41) is 21.5. The van der Waals surface area contributed by atoms with Crippen LogP contribution in [0.15, 0.2) is 23.1 Å². The first-order valence-corrected chi connectivity index (χ1v) is 8.63. The van der Waals surface area contributed by atoms with Crippen molar-refractivity contribution in [2.45, 2.75) is 37.1 Å². The lowest BCUT2D eigenvalue weighted by atomic mass is 10.2. The summed E-state index contributed by atoms with van der Waals surface area (Å²) in [4.78, 5) is 12.0. The molecule has 0 bridgehead atoms. The molecule has 22 heavy (non-hydrogen) atoms. The van der Waals surface area contributed by atoms with E-state index in [1.165, 1.54) is 6.07 Å². The largest absolute Gasteiger partial charge is 0.504 e. The zero-order valence-corrected chi connectivity index (χ0v) is 13.1. The Bertz CT molecular complexity index is 659. The Morgan fingerprint density at radius 2 is 2.09 bits per heavy atom. The highest BCUT2D eigenvalue weighted by Gasteiger charge is 2.39. The molecule has 1 aromatic rings. The SMILES string of the molecule is CCCNC(=O)C1CCCN1S(=O)(=O)c1ccc(O)c(O)c1. The molecule has 0 aromatic heterocycles. The van der Waals surface area contributed by atoms with Crippen LogP contribution in [0, 0.1) is 0 Å². The zero-order chi connectivity index (χ0) is 16.3. The smallest absolute Gasteiger partial charge is 0.243 e. The van der Waals surface area contributed by atoms with Gasteiger partial charge in [0.05, 0.1) is 4.90 Å². The number of rotatable bonds is 5. The molecule has 1 unspecified atom stereocenters. The van der Waals surface area contributed by atoms with E-state index in [0.29, 0.717) is 19.4 Å². The highest BCUT2D eigenvalue weighted by atomic mass is 32.2. The lowest BCUT2D eigenvalue weighted by molar-refractivity contribution is -0.124. The molecule has 0 spiro atoms. The van der Waals surface area contributed by atoms with Crippen molar-refractivity contribution in [1.82, 2.24) is 9.62 Å². The average Bonchev–Trinajstić information content (AvgIpc) is 2.97. The topological polar surface area (TPSA) is 107 Å². The van der Waals surface area contributed by atoms with Crippen LogP contribution in [-0.4, -0.2) is 48.0 Å². The number of amides is 1. The molecule has 1 atom stereocenters. The molecule has 1 saturated heterocycles. The molecule has 0 aliphatic carbocycles. The van der Waals surface area contributed by atoms with Gasteiger partial charge in [-0.25, -0.2) is 8.42 Å². The third-order valence-corrected chi connectivity index (χ3v) is 5.51. The molecule has 3 N–H and O–H groups in total. The molecule has 1 aliphatic rings. The minimum Gasteiger partial charge on any atom is -0.504 e. The number of sulfonamides is 1. The van der Waals surface area contributed by atoms with Crippen LogP contribution in [0.2, 0.25) is 0 Å². The van der Waals surface area contributed by atoms with Gasteiger partial charge in [0, 0.05) is 19.2 Å². The minimum atomic E-state index is -3.90. The second-order valence-electron chi connectivity index (χ2n) is 5.22. The third kappa shape index (κ3) is 3.17. The van der Waals surface area contributed by atoms with Crippen molar-refractivity contribution in [3.8, 4) is 11.5 Å². The average molecular weight is 328 g/mol. The van der Waals surface area contributed by atoms with Crippen molar-refractivity contribution < 1.29 is 23.4 Å². The number of phenolic OH excluding ortho intramolecular Hbond substituents is 2. The Morgan fingerprint density at radius 3 is 2.73 bits per heavy atom. The van der Waals surface area contributed by atoms with Crippen LogP contribution < -0.4 is 5.32 Å². The summed E-state index contributed by atoms with van der Waals surface area (Å²) in [6.45, 7) is 2.68. The fourth-order valence-electron chi connectivity index (χ4n) is 2.45. The van der Waals surface area contributed by atoms with E-state index in [1.54, 1.807) is 0 Å². The first-order chi connectivity index (χ1) is 10.4. The molecule has 1 amide bonds. The maximum atomic E-state index is 12.6. The molecular formula is C14H20N2O5S. The van der Waals surface area contributed by atoms with Gasteiger partial charge in [0.15, 0.2) is 11.5 Å². The Labute approximate surface area is 129 Å². The fraction of sp³-hybridized carbons (Fsp3) is 0.500. The quantitative estimate of drug-likeness (QED) is 0.692. The van der Waals surface area contributed by atoms with Crippen molar-refractivity contribution in [3.63, 3.8) is 0 Å². The molecule has 1 aliphatic heterocycles. The summed E-state index contributed by atoms with van der Waals surface area (Å²) in [6.07, 6.45) is 1.85. The third-order valence-electron chi connectivity index (χ3n) is 3.61. The molecule has 7 nitrogen and oxygen atoms in total. The Balaban J connectivity index is 2.27. The Morgan fingerprint density at radius 1 is 1.36 bits per heavy atom. The second kappa shape index (κ2) is 6.53. The molecule has 8 heteroatoms. The number of phenols is 2. The number of nitrogens with zero attached hydrogens (tertiary/aromatic N) is 1. The molecular weight excluding hydrogens is 308 g/mol. The highest BCUT2D eigenvalue weighted by molar-refractivity contribution is 7.89. The van der Waals surface area contributed by atoms with E-state index in [-0.39, 0.29) is 17.3 Å². The van der Waals surface area contributed by atoms with Crippen molar-refractivity contribution in [1.29, 1.82) is 0 Å². The lowest BCUT2D eigenvalue weighted by Gasteiger charge is -2.23. The monoisotopic (exact) mass is 328 g/mol. The van der Waals surface area contributed by atoms with Crippen LogP contribution in [0.3, 0.4) is 0 Å². The number of hydrogen-bond donors (Lipinski definition) is 3. The van der Waals surface area contributed by atoms with Crippen molar-refractivity contribution in [2.24, 2.45) is 0 Å². The van der Waals surface area contributed by atoms with Crippen molar-refractivity contribution >= 4 is 15.9 Å². The van der Waals surface area contributed by atoms with Gasteiger partial charge in [-0.2, -0.15) is 4.31 Å². The molecule has 1 fully saturated rings. The van der Waals surface area contributed by atoms with Gasteiger partial charge >= 0.3 is 0 Å². The van der Waals surface area contributed by atoms with E-state index in [9.17, 15) is 23.4 Å². The van der Waals surface area contributed by atoms with Gasteiger partial charge in [-0.05, 0) is 31.4 Å². The molecule has 1 heterocycles. The standard InChI is InChI=1S/C14H20N2O5S/c1-2-7-15-14(19)11-4-3-8-16(11)22(20,21)10-5-6-12(17)13(18)9-10/h5-6,9,11,17-18H,2-4,7-8H2,1H3,(H,15,19). The second-order valence-corrected chi connectivity index (χ2v) is 7.11. The van der Waals surface area contributed by atoms with Crippen molar-refractivity contribution in [3.05, 3.63) is 18.2 Å². The summed E-state index contributed by atoms with van der Waals surface area (Å²) in [6, 6.07) is 2.59. The van der Waals surface area contributed by atoms with Crippen LogP contribution in [-0.2, 0) is 14.8 Å². The van der Waals surface area contributed by atoms with Crippen LogP contribution in [0.1, 0.15) is 26.2 Å². The maximum Gasteiger partial charge on any atom is 0.243 e. The highest BCUT2D eigenvalue weighted by Crippen LogP contribution is 2.31. The van der Waals surface area contributed by atoms with Crippen LogP contribution in [0.4, 0.5) is 0 Å². The van der Waals surface area contributed by atoms with E-state index in [1.807, 2.05) is 6.92 Å². The van der Waals surface area contributed by atoms with Gasteiger partial charge < -0.3 is 15.5 Å². The normalized spacial score (nSPS) is 19.2.